The summed E-state index contributed by atoms with van der Waals surface area (Å²) in [5.41, 5.74) is 6.98. The van der Waals surface area contributed by atoms with Gasteiger partial charge in [-0.2, -0.15) is 0 Å². The molecule has 0 radical (unpaired) electrons. The minimum atomic E-state index is -1.43. The Labute approximate surface area is 298 Å². The molecule has 262 valence electrons. The van der Waals surface area contributed by atoms with Crippen LogP contribution in [0.3, 0.4) is 0 Å². The number of carbonyl (C=O) groups is 4. The Balaban J connectivity index is 1.29. The van der Waals surface area contributed by atoms with E-state index in [0.29, 0.717) is 12.8 Å². The Bertz CT molecular complexity index is 2030. The molecular weight excluding hydrogens is 638 g/mol. The van der Waals surface area contributed by atoms with E-state index in [-0.39, 0.29) is 31.1 Å². The van der Waals surface area contributed by atoms with Crippen LogP contribution in [0, 0.1) is 5.92 Å². The number of fused-ring (bicyclic) bond motifs is 2. The first kappa shape index (κ1) is 35.3. The monoisotopic (exact) mass is 683 g/mol. The maximum absolute atomic E-state index is 14.3. The normalized spacial score (nSPS) is 15.7. The van der Waals surface area contributed by atoms with Crippen LogP contribution in [0.25, 0.3) is 21.5 Å². The van der Waals surface area contributed by atoms with Crippen LogP contribution in [0.1, 0.15) is 36.5 Å². The van der Waals surface area contributed by atoms with Gasteiger partial charge in [0.05, 0.1) is 0 Å². The maximum Gasteiger partial charge on any atom is 0.243 e. The van der Waals surface area contributed by atoms with Crippen LogP contribution in [-0.4, -0.2) is 54.3 Å². The summed E-state index contributed by atoms with van der Waals surface area (Å²) in [6, 6.07) is 35.0. The van der Waals surface area contributed by atoms with Crippen LogP contribution in [0.4, 0.5) is 0 Å². The summed E-state index contributed by atoms with van der Waals surface area (Å²) in [4.78, 5) is 54.9. The first-order valence-corrected chi connectivity index (χ1v) is 17.6. The molecule has 5 aromatic carbocycles. The number of nitrogens with one attached hydrogen (secondary N) is 4. The van der Waals surface area contributed by atoms with Crippen LogP contribution in [0.15, 0.2) is 115 Å². The first-order chi connectivity index (χ1) is 24.7. The van der Waals surface area contributed by atoms with Crippen LogP contribution < -0.4 is 27.0 Å². The average molecular weight is 684 g/mol. The van der Waals surface area contributed by atoms with Crippen molar-refractivity contribution in [3.8, 4) is 0 Å². The van der Waals surface area contributed by atoms with E-state index in [0.717, 1.165) is 51.3 Å². The standard InChI is InChI=1S/C42H45N5O4/c1-42(41(43)51,27-28-9-3-2-4-10-28)47-40(50)37(26-30-16-18-32-12-6-8-14-35(32)24-30)46-39(49)36(45-38(48)33-19-21-44-22-20-33)25-29-15-17-31-11-5-7-13-34(31)23-29/h2-18,23-24,33,36-37,44H,19-22,25-27H2,1H3,(H2,43,51)(H,45,48)(H,46,49)(H,47,50)/t36-,37?,42+/m1/s1. The number of piperidine rings is 1. The second-order valence-corrected chi connectivity index (χ2v) is 13.8. The van der Waals surface area contributed by atoms with Gasteiger partial charge in [0.2, 0.25) is 23.6 Å². The molecule has 0 spiro atoms. The van der Waals surface area contributed by atoms with Crippen molar-refractivity contribution in [2.45, 2.75) is 56.7 Å². The lowest BCUT2D eigenvalue weighted by molar-refractivity contribution is -0.135. The highest BCUT2D eigenvalue weighted by molar-refractivity contribution is 5.96. The van der Waals surface area contributed by atoms with Gasteiger partial charge in [-0.05, 0) is 71.1 Å². The lowest BCUT2D eigenvalue weighted by Crippen LogP contribution is -2.62. The Kier molecular flexibility index (Phi) is 11.1. The second kappa shape index (κ2) is 16.0. The SMILES string of the molecule is C[C@@](Cc1ccccc1)(NC(=O)C(Cc1ccc2ccccc2c1)NC(=O)[C@@H](Cc1ccc2ccccc2c1)NC(=O)C1CCNCC1)C(N)=O. The molecule has 6 N–H and O–H groups in total. The van der Waals surface area contributed by atoms with Crippen molar-refractivity contribution >= 4 is 45.2 Å². The Hall–Kier alpha value is -5.54. The third-order valence-corrected chi connectivity index (χ3v) is 9.83. The number of rotatable bonds is 13. The van der Waals surface area contributed by atoms with Gasteiger partial charge >= 0.3 is 0 Å². The van der Waals surface area contributed by atoms with Crippen LogP contribution >= 0.6 is 0 Å². The van der Waals surface area contributed by atoms with Gasteiger partial charge in [0.25, 0.3) is 0 Å². The number of nitrogens with two attached hydrogens (primary N) is 1. The minimum absolute atomic E-state index is 0.146. The number of amides is 4. The van der Waals surface area contributed by atoms with Crippen molar-refractivity contribution in [2.24, 2.45) is 11.7 Å². The highest BCUT2D eigenvalue weighted by Crippen LogP contribution is 2.20. The Morgan fingerprint density at radius 1 is 0.667 bits per heavy atom. The van der Waals surface area contributed by atoms with Crippen molar-refractivity contribution in [3.05, 3.63) is 132 Å². The van der Waals surface area contributed by atoms with E-state index in [1.807, 2.05) is 115 Å². The second-order valence-electron chi connectivity index (χ2n) is 13.8. The van der Waals surface area contributed by atoms with E-state index < -0.39 is 35.3 Å². The Morgan fingerprint density at radius 2 is 1.18 bits per heavy atom. The molecule has 0 saturated carbocycles. The number of benzene rings is 5. The van der Waals surface area contributed by atoms with Gasteiger partial charge in [0.15, 0.2) is 0 Å². The zero-order valence-corrected chi connectivity index (χ0v) is 28.9. The molecule has 1 heterocycles. The predicted octanol–water partition coefficient (Wildman–Crippen LogP) is 4.35. The summed E-state index contributed by atoms with van der Waals surface area (Å²) in [5, 5.41) is 16.3. The molecule has 0 bridgehead atoms. The van der Waals surface area contributed by atoms with Crippen molar-refractivity contribution < 1.29 is 19.2 Å². The summed E-state index contributed by atoms with van der Waals surface area (Å²) in [6.07, 6.45) is 1.90. The third-order valence-electron chi connectivity index (χ3n) is 9.83. The lowest BCUT2D eigenvalue weighted by Gasteiger charge is -2.31. The van der Waals surface area contributed by atoms with E-state index >= 15 is 0 Å². The van der Waals surface area contributed by atoms with Crippen molar-refractivity contribution in [2.75, 3.05) is 13.1 Å². The van der Waals surface area contributed by atoms with Gasteiger partial charge in [-0.1, -0.05) is 115 Å². The molecule has 51 heavy (non-hydrogen) atoms. The summed E-state index contributed by atoms with van der Waals surface area (Å²) >= 11 is 0. The van der Waals surface area contributed by atoms with Gasteiger partial charge in [0.1, 0.15) is 17.6 Å². The smallest absolute Gasteiger partial charge is 0.243 e. The van der Waals surface area contributed by atoms with Crippen LogP contribution in [-0.2, 0) is 38.4 Å². The van der Waals surface area contributed by atoms with Crippen molar-refractivity contribution in [1.82, 2.24) is 21.3 Å². The molecule has 1 aliphatic heterocycles. The molecule has 4 amide bonds. The number of carbonyl (C=O) groups excluding carboxylic acids is 4. The molecule has 1 saturated heterocycles. The third kappa shape index (κ3) is 8.98. The summed E-state index contributed by atoms with van der Waals surface area (Å²) in [5.74, 6) is -2.14. The van der Waals surface area contributed by atoms with E-state index in [1.165, 1.54) is 0 Å². The summed E-state index contributed by atoms with van der Waals surface area (Å²) in [6.45, 7) is 3.06. The lowest BCUT2D eigenvalue weighted by atomic mass is 9.91. The van der Waals surface area contributed by atoms with Gasteiger partial charge in [0, 0.05) is 25.2 Å². The largest absolute Gasteiger partial charge is 0.368 e. The van der Waals surface area contributed by atoms with Gasteiger partial charge in [-0.15, -0.1) is 0 Å². The molecule has 5 aromatic rings. The molecule has 0 aliphatic carbocycles. The fourth-order valence-electron chi connectivity index (χ4n) is 6.82. The summed E-state index contributed by atoms with van der Waals surface area (Å²) < 4.78 is 0. The van der Waals surface area contributed by atoms with Gasteiger partial charge in [-0.25, -0.2) is 0 Å². The first-order valence-electron chi connectivity index (χ1n) is 17.6. The zero-order valence-electron chi connectivity index (χ0n) is 28.9. The number of hydrogen-bond acceptors (Lipinski definition) is 5. The molecule has 6 rings (SSSR count). The quantitative estimate of drug-likeness (QED) is 0.126. The molecule has 9 nitrogen and oxygen atoms in total. The van der Waals surface area contributed by atoms with Crippen molar-refractivity contribution in [1.29, 1.82) is 0 Å². The van der Waals surface area contributed by atoms with Crippen LogP contribution in [0.5, 0.6) is 0 Å². The molecule has 1 fully saturated rings. The topological polar surface area (TPSA) is 142 Å². The van der Waals surface area contributed by atoms with Crippen molar-refractivity contribution in [3.63, 3.8) is 0 Å². The summed E-state index contributed by atoms with van der Waals surface area (Å²) in [7, 11) is 0. The van der Waals surface area contributed by atoms with E-state index in [4.69, 9.17) is 5.73 Å². The fourth-order valence-corrected chi connectivity index (χ4v) is 6.82. The maximum atomic E-state index is 14.3. The van der Waals surface area contributed by atoms with Gasteiger partial charge in [-0.3, -0.25) is 19.2 Å². The zero-order chi connectivity index (χ0) is 35.8. The predicted molar refractivity (Wildman–Crippen MR) is 201 cm³/mol. The molecule has 1 unspecified atom stereocenters. The Morgan fingerprint density at radius 3 is 1.73 bits per heavy atom. The van der Waals surface area contributed by atoms with E-state index in [1.54, 1.807) is 6.92 Å². The molecule has 3 atom stereocenters. The molecular formula is C42H45N5O4. The van der Waals surface area contributed by atoms with Gasteiger partial charge < -0.3 is 27.0 Å². The fraction of sp³-hybridized carbons (Fsp3) is 0.286. The van der Waals surface area contributed by atoms with E-state index in [9.17, 15) is 19.2 Å². The van der Waals surface area contributed by atoms with E-state index in [2.05, 4.69) is 21.3 Å². The number of primary amides is 1. The number of hydrogen-bond donors (Lipinski definition) is 5. The average Bonchev–Trinajstić information content (AvgIpc) is 3.14. The highest BCUT2D eigenvalue weighted by atomic mass is 16.2. The molecule has 0 aromatic heterocycles. The molecule has 1 aliphatic rings. The molecule has 9 heteroatoms. The highest BCUT2D eigenvalue weighted by Gasteiger charge is 2.37. The van der Waals surface area contributed by atoms with Crippen LogP contribution in [0.2, 0.25) is 0 Å². The minimum Gasteiger partial charge on any atom is -0.368 e.